The summed E-state index contributed by atoms with van der Waals surface area (Å²) in [5, 5.41) is 0. The summed E-state index contributed by atoms with van der Waals surface area (Å²) in [7, 11) is 0. The van der Waals surface area contributed by atoms with Crippen molar-refractivity contribution in [2.45, 2.75) is 51.9 Å². The number of amides is 2. The molecular weight excluding hydrogens is 422 g/mol. The molecule has 0 aromatic heterocycles. The van der Waals surface area contributed by atoms with Gasteiger partial charge in [0, 0.05) is 12.1 Å². The van der Waals surface area contributed by atoms with Gasteiger partial charge in [0.2, 0.25) is 0 Å². The van der Waals surface area contributed by atoms with E-state index in [-0.39, 0.29) is 11.8 Å². The molecule has 0 unspecified atom stereocenters. The first kappa shape index (κ1) is 23.7. The molecule has 0 aliphatic carbocycles. The fourth-order valence-electron chi connectivity index (χ4n) is 4.45. The first-order valence-electron chi connectivity index (χ1n) is 12.5. The first-order chi connectivity index (χ1) is 16.7. The lowest BCUT2D eigenvalue weighted by atomic mass is 10.0. The molecule has 0 atom stereocenters. The van der Waals surface area contributed by atoms with Crippen molar-refractivity contribution in [1.82, 2.24) is 4.90 Å². The molecule has 0 N–H and O–H groups in total. The van der Waals surface area contributed by atoms with Crippen LogP contribution < -0.4 is 4.74 Å². The van der Waals surface area contributed by atoms with Crippen LogP contribution in [0.2, 0.25) is 0 Å². The van der Waals surface area contributed by atoms with E-state index in [2.05, 4.69) is 43.3 Å². The maximum absolute atomic E-state index is 12.4. The molecule has 3 aromatic carbocycles. The Morgan fingerprint density at radius 3 is 1.85 bits per heavy atom. The van der Waals surface area contributed by atoms with Crippen LogP contribution in [0.1, 0.15) is 71.7 Å². The highest BCUT2D eigenvalue weighted by molar-refractivity contribution is 6.21. The van der Waals surface area contributed by atoms with Crippen molar-refractivity contribution in [1.29, 1.82) is 0 Å². The van der Waals surface area contributed by atoms with Crippen LogP contribution >= 0.6 is 0 Å². The van der Waals surface area contributed by atoms with E-state index in [1.165, 1.54) is 16.0 Å². The second-order valence-corrected chi connectivity index (χ2v) is 8.82. The first-order valence-corrected chi connectivity index (χ1v) is 12.5. The number of benzene rings is 3. The Hall–Kier alpha value is -3.40. The Morgan fingerprint density at radius 2 is 1.21 bits per heavy atom. The molecule has 4 heteroatoms. The predicted molar refractivity (Wildman–Crippen MR) is 136 cm³/mol. The maximum Gasteiger partial charge on any atom is 0.261 e. The monoisotopic (exact) mass is 455 g/mol. The number of unbranched alkanes of at least 4 members (excludes halogenated alkanes) is 5. The normalized spacial score (nSPS) is 12.8. The number of hydrogen-bond acceptors (Lipinski definition) is 3. The highest BCUT2D eigenvalue weighted by Gasteiger charge is 2.34. The topological polar surface area (TPSA) is 46.6 Å². The number of imide groups is 1. The number of carbonyl (C=O) groups is 2. The number of nitrogens with zero attached hydrogens (tertiary/aromatic N) is 1. The van der Waals surface area contributed by atoms with E-state index in [1.807, 2.05) is 12.1 Å². The van der Waals surface area contributed by atoms with Crippen LogP contribution in [0, 0.1) is 0 Å². The second kappa shape index (κ2) is 11.6. The van der Waals surface area contributed by atoms with Crippen LogP contribution in [0.3, 0.4) is 0 Å². The van der Waals surface area contributed by atoms with Crippen molar-refractivity contribution in [2.24, 2.45) is 0 Å². The van der Waals surface area contributed by atoms with Crippen molar-refractivity contribution in [3.8, 4) is 16.9 Å². The van der Waals surface area contributed by atoms with Gasteiger partial charge in [-0.2, -0.15) is 0 Å². The van der Waals surface area contributed by atoms with E-state index in [9.17, 15) is 9.59 Å². The molecule has 0 radical (unpaired) electrons. The van der Waals surface area contributed by atoms with E-state index in [4.69, 9.17) is 4.74 Å². The number of fused-ring (bicyclic) bond motifs is 1. The van der Waals surface area contributed by atoms with Crippen LogP contribution in [0.4, 0.5) is 0 Å². The fourth-order valence-corrected chi connectivity index (χ4v) is 4.45. The molecule has 0 fully saturated rings. The number of hydrogen-bond donors (Lipinski definition) is 0. The average Bonchev–Trinajstić information content (AvgIpc) is 3.13. The molecule has 4 nitrogen and oxygen atoms in total. The number of aryl methyl sites for hydroxylation is 1. The van der Waals surface area contributed by atoms with Crippen LogP contribution in [-0.2, 0) is 6.42 Å². The molecule has 176 valence electrons. The van der Waals surface area contributed by atoms with Gasteiger partial charge in [0.25, 0.3) is 11.8 Å². The van der Waals surface area contributed by atoms with Crippen LogP contribution in [0.15, 0.2) is 72.8 Å². The van der Waals surface area contributed by atoms with Crippen molar-refractivity contribution < 1.29 is 14.3 Å². The minimum absolute atomic E-state index is 0.153. The third-order valence-electron chi connectivity index (χ3n) is 6.47. The number of para-hydroxylation sites is 1. The minimum Gasteiger partial charge on any atom is -0.493 e. The molecule has 2 amide bonds. The molecule has 0 bridgehead atoms. The van der Waals surface area contributed by atoms with Crippen LogP contribution in [0.25, 0.3) is 11.1 Å². The van der Waals surface area contributed by atoms with Gasteiger partial charge in [0.15, 0.2) is 0 Å². The Labute approximate surface area is 202 Å². The molecule has 1 aliphatic heterocycles. The number of rotatable bonds is 12. The van der Waals surface area contributed by atoms with E-state index in [1.54, 1.807) is 24.3 Å². The zero-order chi connectivity index (χ0) is 23.8. The van der Waals surface area contributed by atoms with Gasteiger partial charge in [-0.05, 0) is 48.6 Å². The number of ether oxygens (including phenoxy) is 1. The summed E-state index contributed by atoms with van der Waals surface area (Å²) in [5.41, 5.74) is 4.73. The van der Waals surface area contributed by atoms with Gasteiger partial charge >= 0.3 is 0 Å². The molecule has 0 saturated carbocycles. The van der Waals surface area contributed by atoms with Crippen molar-refractivity contribution in [3.63, 3.8) is 0 Å². The second-order valence-electron chi connectivity index (χ2n) is 8.82. The van der Waals surface area contributed by atoms with Gasteiger partial charge < -0.3 is 4.74 Å². The van der Waals surface area contributed by atoms with Crippen LogP contribution in [-0.4, -0.2) is 29.9 Å². The zero-order valence-electron chi connectivity index (χ0n) is 20.0. The molecule has 3 aromatic rings. The molecule has 34 heavy (non-hydrogen) atoms. The summed E-state index contributed by atoms with van der Waals surface area (Å²) in [5.74, 6) is 0.631. The predicted octanol–water partition coefficient (Wildman–Crippen LogP) is 6.93. The van der Waals surface area contributed by atoms with Crippen molar-refractivity contribution in [3.05, 3.63) is 89.5 Å². The Kier molecular flexibility index (Phi) is 8.13. The fraction of sp³-hybridized carbons (Fsp3) is 0.333. The van der Waals surface area contributed by atoms with Crippen molar-refractivity contribution in [2.75, 3.05) is 13.2 Å². The van der Waals surface area contributed by atoms with E-state index in [0.717, 1.165) is 56.3 Å². The largest absolute Gasteiger partial charge is 0.493 e. The number of carbonyl (C=O) groups excluding carboxylic acids is 2. The minimum atomic E-state index is -0.153. The quantitative estimate of drug-likeness (QED) is 0.220. The molecule has 1 aliphatic rings. The highest BCUT2D eigenvalue weighted by Crippen LogP contribution is 2.30. The Bertz CT molecular complexity index is 1080. The maximum atomic E-state index is 12.4. The molecule has 0 spiro atoms. The van der Waals surface area contributed by atoms with Crippen LogP contribution in [0.5, 0.6) is 5.75 Å². The average molecular weight is 456 g/mol. The molecule has 1 heterocycles. The summed E-state index contributed by atoms with van der Waals surface area (Å²) in [4.78, 5) is 26.2. The Morgan fingerprint density at radius 1 is 0.647 bits per heavy atom. The summed E-state index contributed by atoms with van der Waals surface area (Å²) in [6.45, 7) is 3.38. The van der Waals surface area contributed by atoms with Crippen molar-refractivity contribution >= 4 is 11.8 Å². The van der Waals surface area contributed by atoms with E-state index in [0.29, 0.717) is 24.3 Å². The van der Waals surface area contributed by atoms with E-state index < -0.39 is 0 Å². The summed E-state index contributed by atoms with van der Waals surface area (Å²) < 4.78 is 6.12. The summed E-state index contributed by atoms with van der Waals surface area (Å²) in [6, 6.07) is 24.0. The summed E-state index contributed by atoms with van der Waals surface area (Å²) in [6.07, 6.45) is 7.27. The standard InChI is InChI=1S/C30H33NO3/c1-2-23-17-19-24(20-18-23)25-13-9-10-16-28(25)34-22-12-6-4-3-5-11-21-31-29(32)26-14-7-8-15-27(26)30(31)33/h7-10,13-20H,2-6,11-12,21-22H2,1H3. The highest BCUT2D eigenvalue weighted by atomic mass is 16.5. The SMILES string of the molecule is CCc1ccc(-c2ccccc2OCCCCCCCCN2C(=O)c3ccccc3C2=O)cc1. The van der Waals surface area contributed by atoms with Gasteiger partial charge in [0.05, 0.1) is 17.7 Å². The lowest BCUT2D eigenvalue weighted by Gasteiger charge is -2.13. The zero-order valence-corrected chi connectivity index (χ0v) is 20.0. The van der Waals surface area contributed by atoms with Gasteiger partial charge in [-0.3, -0.25) is 14.5 Å². The molecular formula is C30H33NO3. The molecule has 0 saturated heterocycles. The van der Waals surface area contributed by atoms with E-state index >= 15 is 0 Å². The van der Waals surface area contributed by atoms with Gasteiger partial charge in [-0.25, -0.2) is 0 Å². The smallest absolute Gasteiger partial charge is 0.261 e. The summed E-state index contributed by atoms with van der Waals surface area (Å²) >= 11 is 0. The lowest BCUT2D eigenvalue weighted by Crippen LogP contribution is -2.30. The third kappa shape index (κ3) is 5.56. The van der Waals surface area contributed by atoms with Gasteiger partial charge in [-0.15, -0.1) is 0 Å². The molecule has 4 rings (SSSR count). The van der Waals surface area contributed by atoms with Gasteiger partial charge in [0.1, 0.15) is 5.75 Å². The van der Waals surface area contributed by atoms with Gasteiger partial charge in [-0.1, -0.05) is 87.2 Å². The third-order valence-corrected chi connectivity index (χ3v) is 6.47. The lowest BCUT2D eigenvalue weighted by molar-refractivity contribution is 0.0651. The Balaban J connectivity index is 1.13.